The Morgan fingerprint density at radius 1 is 1.00 bits per heavy atom. The van der Waals surface area contributed by atoms with Crippen molar-refractivity contribution in [1.82, 2.24) is 10.2 Å². The van der Waals surface area contributed by atoms with Gasteiger partial charge in [0.25, 0.3) is 0 Å². The van der Waals surface area contributed by atoms with Crippen LogP contribution in [0.2, 0.25) is 0 Å². The second-order valence-electron chi connectivity index (χ2n) is 6.34. The Kier molecular flexibility index (Phi) is 11.9. The van der Waals surface area contributed by atoms with E-state index in [9.17, 15) is 0 Å². The van der Waals surface area contributed by atoms with Crippen LogP contribution in [0.25, 0.3) is 0 Å². The average Bonchev–Trinajstić information content (AvgIpc) is 2.96. The van der Waals surface area contributed by atoms with Gasteiger partial charge in [-0.05, 0) is 32.1 Å². The first-order valence-electron chi connectivity index (χ1n) is 9.42. The van der Waals surface area contributed by atoms with Gasteiger partial charge < -0.3 is 16.0 Å². The van der Waals surface area contributed by atoms with Gasteiger partial charge in [-0.25, -0.2) is 0 Å². The van der Waals surface area contributed by atoms with Gasteiger partial charge in [-0.3, -0.25) is 0 Å². The minimum absolute atomic E-state index is 0.485. The summed E-state index contributed by atoms with van der Waals surface area (Å²) in [6.45, 7) is 3.93. The molecule has 0 aromatic rings. The second-order valence-corrected chi connectivity index (χ2v) is 6.34. The third kappa shape index (κ3) is 9.14. The van der Waals surface area contributed by atoms with Crippen molar-refractivity contribution in [3.05, 3.63) is 24.6 Å². The van der Waals surface area contributed by atoms with E-state index in [4.69, 9.17) is 5.73 Å². The van der Waals surface area contributed by atoms with Crippen molar-refractivity contribution in [2.24, 2.45) is 5.73 Å². The van der Waals surface area contributed by atoms with Crippen LogP contribution >= 0.6 is 0 Å². The number of nitrogens with zero attached hydrogens (tertiary/aromatic N) is 1. The predicted molar refractivity (Wildman–Crippen MR) is 97.4 cm³/mol. The van der Waals surface area contributed by atoms with Crippen LogP contribution in [-0.2, 0) is 0 Å². The number of hydrogen-bond donors (Lipinski definition) is 2. The molecule has 0 radical (unpaired) electrons. The van der Waals surface area contributed by atoms with E-state index in [1.165, 1.54) is 70.6 Å². The Bertz CT molecular complexity index is 299. The largest absolute Gasteiger partial charge is 0.370 e. The van der Waals surface area contributed by atoms with Gasteiger partial charge in [0.2, 0.25) is 0 Å². The molecule has 1 aliphatic rings. The molecule has 1 heterocycles. The highest BCUT2D eigenvalue weighted by atomic mass is 15.3. The lowest BCUT2D eigenvalue weighted by atomic mass is 10.1. The van der Waals surface area contributed by atoms with E-state index in [0.717, 1.165) is 13.1 Å². The van der Waals surface area contributed by atoms with Crippen molar-refractivity contribution in [2.75, 3.05) is 13.1 Å². The average molecular weight is 308 g/mol. The first-order valence-corrected chi connectivity index (χ1v) is 9.42. The van der Waals surface area contributed by atoms with E-state index < -0.39 is 0 Å². The monoisotopic (exact) mass is 307 g/mol. The van der Waals surface area contributed by atoms with E-state index in [2.05, 4.69) is 41.7 Å². The summed E-state index contributed by atoms with van der Waals surface area (Å²) in [6, 6.07) is 0. The highest BCUT2D eigenvalue weighted by Gasteiger charge is 2.16. The van der Waals surface area contributed by atoms with Gasteiger partial charge in [0.15, 0.2) is 0 Å². The molecule has 0 saturated heterocycles. The molecule has 1 rings (SSSR count). The maximum atomic E-state index is 5.63. The summed E-state index contributed by atoms with van der Waals surface area (Å²) in [7, 11) is 0. The van der Waals surface area contributed by atoms with Crippen molar-refractivity contribution >= 4 is 0 Å². The lowest BCUT2D eigenvalue weighted by Gasteiger charge is -2.25. The summed E-state index contributed by atoms with van der Waals surface area (Å²) in [5.74, 6) is 0. The lowest BCUT2D eigenvalue weighted by Crippen LogP contribution is -2.37. The molecule has 0 saturated carbocycles. The van der Waals surface area contributed by atoms with E-state index in [1.54, 1.807) is 0 Å². The van der Waals surface area contributed by atoms with Crippen LogP contribution in [-0.4, -0.2) is 24.2 Å². The minimum Gasteiger partial charge on any atom is -0.370 e. The van der Waals surface area contributed by atoms with E-state index >= 15 is 0 Å². The Morgan fingerprint density at radius 3 is 2.41 bits per heavy atom. The first-order chi connectivity index (χ1) is 10.9. The summed E-state index contributed by atoms with van der Waals surface area (Å²) < 4.78 is 0. The highest BCUT2D eigenvalue weighted by molar-refractivity contribution is 4.94. The Labute approximate surface area is 138 Å². The summed E-state index contributed by atoms with van der Waals surface area (Å²) in [4.78, 5) is 2.33. The molecule has 0 amide bonds. The summed E-state index contributed by atoms with van der Waals surface area (Å²) in [6.07, 6.45) is 24.0. The quantitative estimate of drug-likeness (QED) is 0.366. The van der Waals surface area contributed by atoms with Gasteiger partial charge in [-0.2, -0.15) is 0 Å². The number of rotatable bonds is 14. The molecule has 1 atom stereocenters. The standard InChI is InChI=1S/C19H37N3/c1-2-3-4-5-6-7-8-9-10-11-12-13-14-19-21-16-18-22(19)17-15-20/h4-5,16,18-19,21H,2-3,6-15,17,20H2,1H3/b5-4+. The molecule has 0 fully saturated rings. The molecular weight excluding hydrogens is 270 g/mol. The SMILES string of the molecule is CCC/C=C/CCCCCCCCCC1NC=CN1CCN. The number of unbranched alkanes of at least 4 members (excludes halogenated alkanes) is 8. The molecule has 1 unspecified atom stereocenters. The Morgan fingerprint density at radius 2 is 1.68 bits per heavy atom. The molecule has 0 spiro atoms. The zero-order valence-electron chi connectivity index (χ0n) is 14.6. The normalized spacial score (nSPS) is 17.5. The molecule has 3 nitrogen and oxygen atoms in total. The first kappa shape index (κ1) is 19.1. The van der Waals surface area contributed by atoms with Crippen LogP contribution in [0.15, 0.2) is 24.6 Å². The molecule has 0 aliphatic carbocycles. The van der Waals surface area contributed by atoms with Crippen LogP contribution in [0, 0.1) is 0 Å². The third-order valence-corrected chi connectivity index (χ3v) is 4.31. The number of nitrogens with two attached hydrogens (primary N) is 1. The van der Waals surface area contributed by atoms with Crippen LogP contribution in [0.5, 0.6) is 0 Å². The van der Waals surface area contributed by atoms with Gasteiger partial charge >= 0.3 is 0 Å². The second kappa shape index (κ2) is 13.7. The van der Waals surface area contributed by atoms with E-state index in [1.807, 2.05) is 0 Å². The van der Waals surface area contributed by atoms with Crippen molar-refractivity contribution in [3.63, 3.8) is 0 Å². The molecule has 0 aromatic carbocycles. The fourth-order valence-electron chi connectivity index (χ4n) is 2.96. The van der Waals surface area contributed by atoms with Crippen molar-refractivity contribution in [1.29, 1.82) is 0 Å². The maximum absolute atomic E-state index is 5.63. The molecule has 128 valence electrons. The molecule has 22 heavy (non-hydrogen) atoms. The topological polar surface area (TPSA) is 41.3 Å². The maximum Gasteiger partial charge on any atom is 0.0981 e. The minimum atomic E-state index is 0.485. The number of nitrogens with one attached hydrogen (secondary N) is 1. The molecule has 0 aromatic heterocycles. The third-order valence-electron chi connectivity index (χ3n) is 4.31. The van der Waals surface area contributed by atoms with Crippen LogP contribution < -0.4 is 11.1 Å². The van der Waals surface area contributed by atoms with Crippen LogP contribution in [0.4, 0.5) is 0 Å². The van der Waals surface area contributed by atoms with E-state index in [0.29, 0.717) is 6.17 Å². The van der Waals surface area contributed by atoms with Crippen molar-refractivity contribution < 1.29 is 0 Å². The zero-order valence-corrected chi connectivity index (χ0v) is 14.6. The molecular formula is C19H37N3. The highest BCUT2D eigenvalue weighted by Crippen LogP contribution is 2.14. The number of hydrogen-bond acceptors (Lipinski definition) is 3. The lowest BCUT2D eigenvalue weighted by molar-refractivity contribution is 0.264. The summed E-state index contributed by atoms with van der Waals surface area (Å²) in [5, 5.41) is 3.41. The van der Waals surface area contributed by atoms with Crippen molar-refractivity contribution in [2.45, 2.75) is 83.7 Å². The van der Waals surface area contributed by atoms with Gasteiger partial charge in [0.05, 0.1) is 6.17 Å². The summed E-state index contributed by atoms with van der Waals surface area (Å²) in [5.41, 5.74) is 5.63. The smallest absolute Gasteiger partial charge is 0.0981 e. The van der Waals surface area contributed by atoms with Crippen LogP contribution in [0.3, 0.4) is 0 Å². The molecule has 3 N–H and O–H groups in total. The Hall–Kier alpha value is -0.960. The van der Waals surface area contributed by atoms with Gasteiger partial charge in [-0.15, -0.1) is 0 Å². The molecule has 0 bridgehead atoms. The molecule has 1 aliphatic heterocycles. The predicted octanol–water partition coefficient (Wildman–Crippen LogP) is 4.51. The zero-order chi connectivity index (χ0) is 15.9. The fraction of sp³-hybridized carbons (Fsp3) is 0.789. The fourth-order valence-corrected chi connectivity index (χ4v) is 2.96. The number of allylic oxidation sites excluding steroid dienone is 2. The van der Waals surface area contributed by atoms with Gasteiger partial charge in [0.1, 0.15) is 0 Å². The van der Waals surface area contributed by atoms with Crippen LogP contribution in [0.1, 0.15) is 77.6 Å². The van der Waals surface area contributed by atoms with Gasteiger partial charge in [-0.1, -0.05) is 57.6 Å². The van der Waals surface area contributed by atoms with E-state index in [-0.39, 0.29) is 0 Å². The Balaban J connectivity index is 1.84. The van der Waals surface area contributed by atoms with Crippen molar-refractivity contribution in [3.8, 4) is 0 Å². The molecule has 3 heteroatoms. The summed E-state index contributed by atoms with van der Waals surface area (Å²) >= 11 is 0. The van der Waals surface area contributed by atoms with Gasteiger partial charge in [0, 0.05) is 25.5 Å².